The molecule has 3 atom stereocenters. The number of hydrogen-bond acceptors (Lipinski definition) is 6. The van der Waals surface area contributed by atoms with Crippen LogP contribution in [-0.4, -0.2) is 57.3 Å². The number of rotatable bonds is 9. The van der Waals surface area contributed by atoms with Crippen LogP contribution in [0.1, 0.15) is 63.8 Å². The molecule has 37 heavy (non-hydrogen) atoms. The van der Waals surface area contributed by atoms with E-state index in [0.29, 0.717) is 17.7 Å². The monoisotopic (exact) mass is 513 g/mol. The predicted octanol–water partition coefficient (Wildman–Crippen LogP) is 4.20. The molecule has 3 unspecified atom stereocenters. The lowest BCUT2D eigenvalue weighted by Crippen LogP contribution is -2.56. The molecule has 0 aromatic heterocycles. The Labute approximate surface area is 218 Å². The van der Waals surface area contributed by atoms with Crippen LogP contribution in [0.15, 0.2) is 42.5 Å². The van der Waals surface area contributed by atoms with Crippen molar-refractivity contribution in [1.82, 2.24) is 10.2 Å². The number of benzene rings is 2. The van der Waals surface area contributed by atoms with Crippen molar-refractivity contribution in [2.75, 3.05) is 11.9 Å². The largest absolute Gasteiger partial charge is 0.507 e. The smallest absolute Gasteiger partial charge is 0.408 e. The maximum atomic E-state index is 13.8. The van der Waals surface area contributed by atoms with Gasteiger partial charge in [0.1, 0.15) is 23.4 Å². The highest BCUT2D eigenvalue weighted by molar-refractivity contribution is 6.00. The summed E-state index contributed by atoms with van der Waals surface area (Å²) in [6, 6.07) is 9.09. The van der Waals surface area contributed by atoms with Gasteiger partial charge in [0.25, 0.3) is 5.91 Å². The second kappa shape index (κ2) is 12.6. The molecule has 0 bridgehead atoms. The summed E-state index contributed by atoms with van der Waals surface area (Å²) in [5, 5.41) is 26.3. The van der Waals surface area contributed by atoms with E-state index < -0.39 is 48.2 Å². The molecule has 3 amide bonds. The van der Waals surface area contributed by atoms with Crippen molar-refractivity contribution in [1.29, 1.82) is 0 Å². The second-order valence-corrected chi connectivity index (χ2v) is 10.1. The first-order valence-corrected chi connectivity index (χ1v) is 12.4. The number of para-hydroxylation sites is 2. The number of anilines is 1. The Morgan fingerprint density at radius 2 is 1.65 bits per heavy atom. The van der Waals surface area contributed by atoms with Crippen molar-refractivity contribution in [3.63, 3.8) is 0 Å². The molecule has 0 aliphatic carbocycles. The summed E-state index contributed by atoms with van der Waals surface area (Å²) in [6.45, 7) is 11.5. The third kappa shape index (κ3) is 7.69. The van der Waals surface area contributed by atoms with Gasteiger partial charge in [0.15, 0.2) is 0 Å². The van der Waals surface area contributed by atoms with Gasteiger partial charge in [-0.05, 0) is 65.2 Å². The van der Waals surface area contributed by atoms with Crippen molar-refractivity contribution < 1.29 is 29.3 Å². The van der Waals surface area contributed by atoms with Crippen LogP contribution in [-0.2, 0) is 14.3 Å². The molecule has 2 aromatic carbocycles. The number of aromatic hydroxyl groups is 1. The lowest BCUT2D eigenvalue weighted by atomic mass is 9.97. The van der Waals surface area contributed by atoms with E-state index in [1.54, 1.807) is 65.0 Å². The number of aliphatic hydroxyl groups excluding tert-OH is 1. The molecule has 0 aliphatic rings. The number of ether oxygens (including phenoxy) is 1. The Bertz CT molecular complexity index is 1110. The highest BCUT2D eigenvalue weighted by Gasteiger charge is 2.39. The fourth-order valence-corrected chi connectivity index (χ4v) is 3.84. The van der Waals surface area contributed by atoms with E-state index in [0.717, 1.165) is 5.56 Å². The van der Waals surface area contributed by atoms with Gasteiger partial charge < -0.3 is 30.5 Å². The van der Waals surface area contributed by atoms with Gasteiger partial charge in [-0.15, -0.1) is 0 Å². The van der Waals surface area contributed by atoms with Crippen molar-refractivity contribution >= 4 is 23.6 Å². The summed E-state index contributed by atoms with van der Waals surface area (Å²) in [5.41, 5.74) is 1.34. The number of phenolic OH excluding ortho intramolecular Hbond substituents is 1. The Morgan fingerprint density at radius 3 is 2.22 bits per heavy atom. The molecule has 9 heteroatoms. The SMILES string of the molecule is CCC(C)N(C(=O)C(CO)NC(=O)OC(C)(C)C)C(C(=O)Nc1ccccc1C)c1cccc(C)c1O. The first-order valence-electron chi connectivity index (χ1n) is 12.4. The van der Waals surface area contributed by atoms with Crippen molar-refractivity contribution in [3.05, 3.63) is 59.2 Å². The van der Waals surface area contributed by atoms with Gasteiger partial charge in [-0.2, -0.15) is 0 Å². The first-order chi connectivity index (χ1) is 17.3. The standard InChI is InChI=1S/C28H39N3O6/c1-8-19(4)31(26(35)22(16-32)30-27(36)37-28(5,6)7)23(20-14-11-13-18(3)24(20)33)25(34)29-21-15-10-9-12-17(21)2/h9-15,19,22-23,32-33H,8,16H2,1-7H3,(H,29,34)(H,30,36). The lowest BCUT2D eigenvalue weighted by molar-refractivity contribution is -0.144. The highest BCUT2D eigenvalue weighted by Crippen LogP contribution is 2.34. The lowest BCUT2D eigenvalue weighted by Gasteiger charge is -2.38. The molecule has 0 heterocycles. The number of nitrogens with one attached hydrogen (secondary N) is 2. The zero-order valence-electron chi connectivity index (χ0n) is 22.7. The van der Waals surface area contributed by atoms with Gasteiger partial charge in [0.2, 0.25) is 5.91 Å². The molecule has 0 aliphatic heterocycles. The minimum Gasteiger partial charge on any atom is -0.507 e. The van der Waals surface area contributed by atoms with Crippen molar-refractivity contribution in [2.45, 2.75) is 78.6 Å². The number of carbonyl (C=O) groups is 3. The molecule has 0 saturated carbocycles. The van der Waals surface area contributed by atoms with Gasteiger partial charge in [0, 0.05) is 17.3 Å². The van der Waals surface area contributed by atoms with Gasteiger partial charge in [0.05, 0.1) is 6.61 Å². The maximum Gasteiger partial charge on any atom is 0.408 e. The number of phenols is 1. The van der Waals surface area contributed by atoms with Crippen LogP contribution in [0.4, 0.5) is 10.5 Å². The molecular formula is C28H39N3O6. The Kier molecular flexibility index (Phi) is 10.1. The van der Waals surface area contributed by atoms with Crippen LogP contribution in [0.2, 0.25) is 0 Å². The van der Waals surface area contributed by atoms with Gasteiger partial charge >= 0.3 is 6.09 Å². The molecule has 2 aromatic rings. The third-order valence-electron chi connectivity index (χ3n) is 5.98. The van der Waals surface area contributed by atoms with E-state index in [1.807, 2.05) is 26.0 Å². The predicted molar refractivity (Wildman–Crippen MR) is 142 cm³/mol. The van der Waals surface area contributed by atoms with Crippen LogP contribution in [0.25, 0.3) is 0 Å². The summed E-state index contributed by atoms with van der Waals surface area (Å²) < 4.78 is 5.26. The van der Waals surface area contributed by atoms with Gasteiger partial charge in [-0.1, -0.05) is 43.3 Å². The zero-order chi connectivity index (χ0) is 27.9. The molecule has 2 rings (SSSR count). The second-order valence-electron chi connectivity index (χ2n) is 10.1. The number of aryl methyl sites for hydroxylation is 2. The topological polar surface area (TPSA) is 128 Å². The molecule has 0 saturated heterocycles. The van der Waals surface area contributed by atoms with E-state index in [2.05, 4.69) is 10.6 Å². The molecule has 4 N–H and O–H groups in total. The van der Waals surface area contributed by atoms with Crippen LogP contribution in [0.5, 0.6) is 5.75 Å². The molecule has 0 radical (unpaired) electrons. The Morgan fingerprint density at radius 1 is 1.03 bits per heavy atom. The van der Waals surface area contributed by atoms with E-state index in [1.165, 1.54) is 4.90 Å². The Hall–Kier alpha value is -3.59. The van der Waals surface area contributed by atoms with Crippen LogP contribution in [0, 0.1) is 13.8 Å². The maximum absolute atomic E-state index is 13.8. The third-order valence-corrected chi connectivity index (χ3v) is 5.98. The summed E-state index contributed by atoms with van der Waals surface area (Å²) in [5.74, 6) is -1.35. The molecule has 0 fully saturated rings. The molecule has 9 nitrogen and oxygen atoms in total. The van der Waals surface area contributed by atoms with Crippen LogP contribution >= 0.6 is 0 Å². The van der Waals surface area contributed by atoms with Crippen molar-refractivity contribution in [2.24, 2.45) is 0 Å². The normalized spacial score (nSPS) is 13.7. The number of nitrogens with zero attached hydrogens (tertiary/aromatic N) is 1. The van der Waals surface area contributed by atoms with Gasteiger partial charge in [-0.25, -0.2) is 4.79 Å². The van der Waals surface area contributed by atoms with E-state index >= 15 is 0 Å². The van der Waals surface area contributed by atoms with E-state index in [9.17, 15) is 24.6 Å². The summed E-state index contributed by atoms with van der Waals surface area (Å²) in [6.07, 6.45) is -0.403. The number of hydrogen-bond donors (Lipinski definition) is 4. The van der Waals surface area contributed by atoms with Gasteiger partial charge in [-0.3, -0.25) is 9.59 Å². The van der Waals surface area contributed by atoms with Crippen LogP contribution in [0.3, 0.4) is 0 Å². The molecular weight excluding hydrogens is 474 g/mol. The average molecular weight is 514 g/mol. The zero-order valence-corrected chi connectivity index (χ0v) is 22.7. The molecule has 202 valence electrons. The number of amides is 3. The Balaban J connectivity index is 2.58. The summed E-state index contributed by atoms with van der Waals surface area (Å²) in [7, 11) is 0. The highest BCUT2D eigenvalue weighted by atomic mass is 16.6. The number of alkyl carbamates (subject to hydrolysis) is 1. The quantitative estimate of drug-likeness (QED) is 0.398. The fraction of sp³-hybridized carbons (Fsp3) is 0.464. The van der Waals surface area contributed by atoms with E-state index in [-0.39, 0.29) is 11.3 Å². The molecule has 0 spiro atoms. The fourth-order valence-electron chi connectivity index (χ4n) is 3.84. The average Bonchev–Trinajstić information content (AvgIpc) is 2.82. The summed E-state index contributed by atoms with van der Waals surface area (Å²) >= 11 is 0. The minimum atomic E-state index is -1.37. The number of carbonyl (C=O) groups excluding carboxylic acids is 3. The first kappa shape index (κ1) is 29.6. The van der Waals surface area contributed by atoms with Crippen molar-refractivity contribution in [3.8, 4) is 5.75 Å². The van der Waals surface area contributed by atoms with Crippen LogP contribution < -0.4 is 10.6 Å². The minimum absolute atomic E-state index is 0.116. The van der Waals surface area contributed by atoms with E-state index in [4.69, 9.17) is 4.74 Å². The summed E-state index contributed by atoms with van der Waals surface area (Å²) in [4.78, 5) is 41.4. The number of aliphatic hydroxyl groups is 1.